The van der Waals surface area contributed by atoms with Crippen molar-refractivity contribution in [2.75, 3.05) is 66.3 Å². The van der Waals surface area contributed by atoms with Gasteiger partial charge >= 0.3 is 6.09 Å². The summed E-state index contributed by atoms with van der Waals surface area (Å²) in [4.78, 5) is 23.8. The van der Waals surface area contributed by atoms with Gasteiger partial charge in [0.15, 0.2) is 0 Å². The standard InChI is InChI=1S/C41H63N3O8/c1-7-17-44(39(47)50-28-40(3,4)5)36-27-34(42-48-6)32-25-29(13-9-11-21-45)31(14-10-12-22-46)37-33-26-30(49-24-20-43-18-19-43)15-16-35(33)52-41(36,38(32)37)51-23-8-2/h8,15-16,25-26,29,31,36-38,45-46H,2,7,9-14,17-24,27-28H2,1,3-6H3. The first-order valence-corrected chi connectivity index (χ1v) is 19.5. The van der Waals surface area contributed by atoms with Crippen LogP contribution in [0.2, 0.25) is 0 Å². The number of aliphatic hydroxyl groups excluding tert-OH is 2. The molecule has 0 radical (unpaired) electrons. The van der Waals surface area contributed by atoms with Gasteiger partial charge in [-0.05, 0) is 73.1 Å². The van der Waals surface area contributed by atoms with Crippen molar-refractivity contribution in [2.45, 2.75) is 96.8 Å². The summed E-state index contributed by atoms with van der Waals surface area (Å²) >= 11 is 0. The Hall–Kier alpha value is -3.12. The van der Waals surface area contributed by atoms with E-state index in [0.29, 0.717) is 38.2 Å². The summed E-state index contributed by atoms with van der Waals surface area (Å²) in [6.45, 7) is 17.1. The molecule has 6 atom stereocenters. The quantitative estimate of drug-likeness (QED) is 0.0668. The molecule has 1 amide bonds. The van der Waals surface area contributed by atoms with Crippen molar-refractivity contribution < 1.29 is 38.8 Å². The average molecular weight is 726 g/mol. The normalized spacial score (nSPS) is 27.2. The Kier molecular flexibility index (Phi) is 14.1. The Bertz CT molecular complexity index is 1400. The highest BCUT2D eigenvalue weighted by atomic mass is 16.7. The van der Waals surface area contributed by atoms with Gasteiger partial charge < -0.3 is 34.0 Å². The van der Waals surface area contributed by atoms with E-state index in [4.69, 9.17) is 23.8 Å². The van der Waals surface area contributed by atoms with Gasteiger partial charge in [0.25, 0.3) is 0 Å². The minimum atomic E-state index is -1.30. The fraction of sp³-hybridized carbons (Fsp3) is 0.707. The molecule has 1 aromatic carbocycles. The molecule has 52 heavy (non-hydrogen) atoms. The smallest absolute Gasteiger partial charge is 0.410 e. The molecule has 2 aliphatic heterocycles. The number of benzene rings is 1. The number of carbonyl (C=O) groups excluding carboxylic acids is 1. The minimum absolute atomic E-state index is 0.0963. The number of amides is 1. The lowest BCUT2D eigenvalue weighted by Gasteiger charge is -2.60. The van der Waals surface area contributed by atoms with Gasteiger partial charge in [0.2, 0.25) is 5.79 Å². The zero-order chi connectivity index (χ0) is 37.3. The van der Waals surface area contributed by atoms with Crippen LogP contribution >= 0.6 is 0 Å². The molecule has 0 spiro atoms. The molecule has 2 N–H and O–H groups in total. The number of nitrogens with zero attached hydrogens (tertiary/aromatic N) is 3. The third-order valence-corrected chi connectivity index (χ3v) is 10.8. The van der Waals surface area contributed by atoms with Crippen LogP contribution in [0.5, 0.6) is 11.5 Å². The number of rotatable bonds is 20. The molecule has 2 aliphatic carbocycles. The predicted molar refractivity (Wildman–Crippen MR) is 202 cm³/mol. The first-order chi connectivity index (χ1) is 25.1. The van der Waals surface area contributed by atoms with Crippen LogP contribution < -0.4 is 9.47 Å². The van der Waals surface area contributed by atoms with Crippen LogP contribution in [0.25, 0.3) is 0 Å². The Morgan fingerprint density at radius 3 is 2.56 bits per heavy atom. The second-order valence-electron chi connectivity index (χ2n) is 16.0. The molecular formula is C41H63N3O8. The summed E-state index contributed by atoms with van der Waals surface area (Å²) in [5.41, 5.74) is 2.61. The predicted octanol–water partition coefficient (Wildman–Crippen LogP) is 6.54. The molecule has 6 unspecified atom stereocenters. The molecule has 0 bridgehead atoms. The molecule has 5 rings (SSSR count). The summed E-state index contributed by atoms with van der Waals surface area (Å²) in [5.74, 6) is 0.0670. The van der Waals surface area contributed by atoms with Gasteiger partial charge in [0, 0.05) is 57.3 Å². The third-order valence-electron chi connectivity index (χ3n) is 10.8. The summed E-state index contributed by atoms with van der Waals surface area (Å²) in [6, 6.07) is 5.52. The van der Waals surface area contributed by atoms with E-state index < -0.39 is 17.9 Å². The maximum absolute atomic E-state index is 14.2. The van der Waals surface area contributed by atoms with Crippen LogP contribution in [-0.4, -0.2) is 110 Å². The summed E-state index contributed by atoms with van der Waals surface area (Å²) < 4.78 is 26.6. The number of carbonyl (C=O) groups is 1. The summed E-state index contributed by atoms with van der Waals surface area (Å²) in [5, 5.41) is 24.2. The van der Waals surface area contributed by atoms with E-state index in [9.17, 15) is 15.0 Å². The van der Waals surface area contributed by atoms with E-state index in [2.05, 4.69) is 35.7 Å². The Morgan fingerprint density at radius 1 is 1.15 bits per heavy atom. The number of aliphatic hydroxyl groups is 2. The molecular weight excluding hydrogens is 662 g/mol. The highest BCUT2D eigenvalue weighted by molar-refractivity contribution is 6.02. The fourth-order valence-electron chi connectivity index (χ4n) is 8.41. The molecule has 2 heterocycles. The lowest BCUT2D eigenvalue weighted by atomic mass is 9.55. The molecule has 1 saturated heterocycles. The van der Waals surface area contributed by atoms with Crippen LogP contribution in [0, 0.1) is 23.2 Å². The number of ether oxygens (including phenoxy) is 4. The van der Waals surface area contributed by atoms with Crippen LogP contribution in [0.1, 0.15) is 90.5 Å². The Balaban J connectivity index is 1.70. The highest BCUT2D eigenvalue weighted by Crippen LogP contribution is 2.62. The van der Waals surface area contributed by atoms with E-state index in [0.717, 1.165) is 74.3 Å². The minimum Gasteiger partial charge on any atom is -0.492 e. The number of oxime groups is 1. The lowest BCUT2D eigenvalue weighted by Crippen LogP contribution is -2.70. The molecule has 0 aromatic heterocycles. The van der Waals surface area contributed by atoms with Crippen molar-refractivity contribution in [3.8, 4) is 11.5 Å². The summed E-state index contributed by atoms with van der Waals surface area (Å²) in [7, 11) is 1.56. The number of allylic oxidation sites excluding steroid dienone is 1. The van der Waals surface area contributed by atoms with Crippen LogP contribution in [0.15, 0.2) is 47.7 Å². The number of unbranched alkanes of at least 4 members (excludes halogenated alkanes) is 2. The van der Waals surface area contributed by atoms with Gasteiger partial charge in [-0.25, -0.2) is 4.79 Å². The fourth-order valence-corrected chi connectivity index (χ4v) is 8.41. The van der Waals surface area contributed by atoms with E-state index in [1.165, 1.54) is 0 Å². The largest absolute Gasteiger partial charge is 0.492 e. The highest BCUT2D eigenvalue weighted by Gasteiger charge is 2.65. The second kappa shape index (κ2) is 18.3. The topological polar surface area (TPSA) is 122 Å². The first kappa shape index (κ1) is 40.1. The molecule has 4 aliphatic rings. The summed E-state index contributed by atoms with van der Waals surface area (Å²) in [6.07, 6.45) is 9.66. The van der Waals surface area contributed by atoms with Gasteiger partial charge in [-0.2, -0.15) is 0 Å². The van der Waals surface area contributed by atoms with Crippen LogP contribution in [-0.2, 0) is 14.3 Å². The molecule has 11 nitrogen and oxygen atoms in total. The van der Waals surface area contributed by atoms with Gasteiger partial charge in [-0.1, -0.05) is 57.8 Å². The van der Waals surface area contributed by atoms with Gasteiger partial charge in [-0.15, -0.1) is 6.58 Å². The van der Waals surface area contributed by atoms with E-state index in [-0.39, 0.29) is 55.5 Å². The van der Waals surface area contributed by atoms with E-state index in [1.54, 1.807) is 18.1 Å². The third kappa shape index (κ3) is 9.32. The molecule has 290 valence electrons. The van der Waals surface area contributed by atoms with Crippen molar-refractivity contribution in [3.05, 3.63) is 48.1 Å². The molecule has 1 saturated carbocycles. The SMILES string of the molecule is C=CCOC12Oc3ccc(OCCN4CC4)cc3C3C(CCCCO)C(CCCCO)C=C(C(=NOC)CC1N(CCC)C(=O)OCC(C)(C)C)C32. The second-order valence-corrected chi connectivity index (χ2v) is 16.0. The van der Waals surface area contributed by atoms with E-state index in [1.807, 2.05) is 32.9 Å². The number of hydrogen-bond acceptors (Lipinski definition) is 10. The maximum atomic E-state index is 14.2. The number of hydrogen-bond donors (Lipinski definition) is 2. The number of fused-ring (bicyclic) bond motifs is 2. The molecule has 11 heteroatoms. The first-order valence-electron chi connectivity index (χ1n) is 19.5. The van der Waals surface area contributed by atoms with Crippen molar-refractivity contribution in [3.63, 3.8) is 0 Å². The van der Waals surface area contributed by atoms with Crippen LogP contribution in [0.3, 0.4) is 0 Å². The van der Waals surface area contributed by atoms with Gasteiger partial charge in [0.1, 0.15) is 31.3 Å². The molecule has 1 aromatic rings. The Morgan fingerprint density at radius 2 is 1.90 bits per heavy atom. The molecule has 2 fully saturated rings. The monoisotopic (exact) mass is 725 g/mol. The lowest BCUT2D eigenvalue weighted by molar-refractivity contribution is -0.255. The Labute approximate surface area is 310 Å². The van der Waals surface area contributed by atoms with Crippen molar-refractivity contribution in [1.29, 1.82) is 0 Å². The zero-order valence-electron chi connectivity index (χ0n) is 32.2. The average Bonchev–Trinajstić information content (AvgIpc) is 3.95. The van der Waals surface area contributed by atoms with Crippen LogP contribution in [0.4, 0.5) is 4.79 Å². The van der Waals surface area contributed by atoms with Gasteiger partial charge in [-0.3, -0.25) is 9.80 Å². The van der Waals surface area contributed by atoms with Gasteiger partial charge in [0.05, 0.1) is 24.8 Å². The maximum Gasteiger partial charge on any atom is 0.410 e. The van der Waals surface area contributed by atoms with Crippen molar-refractivity contribution >= 4 is 11.8 Å². The zero-order valence-corrected chi connectivity index (χ0v) is 32.2. The van der Waals surface area contributed by atoms with E-state index >= 15 is 0 Å². The van der Waals surface area contributed by atoms with Crippen molar-refractivity contribution in [2.24, 2.45) is 28.3 Å². The van der Waals surface area contributed by atoms with Crippen molar-refractivity contribution in [1.82, 2.24) is 9.80 Å².